The second kappa shape index (κ2) is 10.5. The van der Waals surface area contributed by atoms with Gasteiger partial charge < -0.3 is 15.3 Å². The number of likely N-dealkylation sites (N-methyl/N-ethyl adjacent to an activating group) is 1. The molecule has 2 N–H and O–H groups in total. The molecule has 0 spiro atoms. The lowest BCUT2D eigenvalue weighted by atomic mass is 9.99. The van der Waals surface area contributed by atoms with E-state index in [1.165, 1.54) is 0 Å². The summed E-state index contributed by atoms with van der Waals surface area (Å²) >= 11 is 0. The number of amides is 1. The van der Waals surface area contributed by atoms with Crippen LogP contribution >= 0.6 is 12.4 Å². The number of phenolic OH excluding ortho intramolecular Hbond substituents is 1. The van der Waals surface area contributed by atoms with Gasteiger partial charge in [-0.1, -0.05) is 39.8 Å². The van der Waals surface area contributed by atoms with E-state index in [1.807, 2.05) is 12.1 Å². The zero-order valence-corrected chi connectivity index (χ0v) is 14.9. The van der Waals surface area contributed by atoms with E-state index in [0.29, 0.717) is 18.0 Å². The lowest BCUT2D eigenvalue weighted by Crippen LogP contribution is -2.34. The van der Waals surface area contributed by atoms with Crippen molar-refractivity contribution in [3.05, 3.63) is 29.3 Å². The number of halogens is 1. The van der Waals surface area contributed by atoms with E-state index in [-0.39, 0.29) is 24.1 Å². The molecule has 0 bridgehead atoms. The maximum atomic E-state index is 12.2. The fourth-order valence-corrected chi connectivity index (χ4v) is 2.34. The zero-order valence-electron chi connectivity index (χ0n) is 14.1. The minimum absolute atomic E-state index is 0. The molecule has 0 radical (unpaired) electrons. The van der Waals surface area contributed by atoms with Gasteiger partial charge in [0.1, 0.15) is 5.75 Å². The van der Waals surface area contributed by atoms with Crippen molar-refractivity contribution in [2.24, 2.45) is 5.92 Å². The van der Waals surface area contributed by atoms with Crippen molar-refractivity contribution in [3.63, 3.8) is 0 Å². The zero-order chi connectivity index (χ0) is 15.8. The summed E-state index contributed by atoms with van der Waals surface area (Å²) in [4.78, 5) is 14.4. The quantitative estimate of drug-likeness (QED) is 0.771. The highest BCUT2D eigenvalue weighted by molar-refractivity contribution is 5.97. The topological polar surface area (TPSA) is 52.6 Å². The number of carbonyl (C=O) groups excluding carboxylic acids is 1. The van der Waals surface area contributed by atoms with Crippen LogP contribution in [0.4, 0.5) is 0 Å². The van der Waals surface area contributed by atoms with Crippen LogP contribution in [0.25, 0.3) is 0 Å². The van der Waals surface area contributed by atoms with E-state index in [1.54, 1.807) is 6.07 Å². The fraction of sp³-hybridized carbons (Fsp3) is 0.588. The van der Waals surface area contributed by atoms with E-state index in [4.69, 9.17) is 0 Å². The van der Waals surface area contributed by atoms with Crippen LogP contribution in [0.5, 0.6) is 5.75 Å². The van der Waals surface area contributed by atoms with E-state index >= 15 is 0 Å². The molecule has 0 aliphatic heterocycles. The first-order valence-electron chi connectivity index (χ1n) is 7.80. The van der Waals surface area contributed by atoms with Gasteiger partial charge in [0, 0.05) is 13.1 Å². The number of rotatable bonds is 8. The van der Waals surface area contributed by atoms with Crippen LogP contribution in [-0.2, 0) is 6.42 Å². The molecule has 1 aromatic rings. The molecule has 0 fully saturated rings. The highest BCUT2D eigenvalue weighted by Crippen LogP contribution is 2.24. The van der Waals surface area contributed by atoms with Gasteiger partial charge in [0.05, 0.1) is 5.56 Å². The molecule has 0 heterocycles. The first kappa shape index (κ1) is 20.7. The number of nitrogens with one attached hydrogen (secondary N) is 1. The molecule has 1 amide bonds. The minimum Gasteiger partial charge on any atom is -0.507 e. The van der Waals surface area contributed by atoms with Gasteiger partial charge in [-0.05, 0) is 37.1 Å². The first-order valence-corrected chi connectivity index (χ1v) is 7.80. The predicted molar refractivity (Wildman–Crippen MR) is 94.0 cm³/mol. The Bertz CT molecular complexity index is 460. The van der Waals surface area contributed by atoms with Crippen molar-refractivity contribution < 1.29 is 9.90 Å². The van der Waals surface area contributed by atoms with Gasteiger partial charge in [-0.15, -0.1) is 12.4 Å². The molecular weight excluding hydrogens is 300 g/mol. The highest BCUT2D eigenvalue weighted by atomic mass is 35.5. The fourth-order valence-electron chi connectivity index (χ4n) is 2.34. The number of carbonyl (C=O) groups is 1. The van der Waals surface area contributed by atoms with E-state index in [2.05, 4.69) is 37.9 Å². The van der Waals surface area contributed by atoms with Gasteiger partial charge in [0.15, 0.2) is 0 Å². The van der Waals surface area contributed by atoms with Crippen LogP contribution in [0.3, 0.4) is 0 Å². The van der Waals surface area contributed by atoms with Crippen LogP contribution in [0, 0.1) is 5.92 Å². The van der Waals surface area contributed by atoms with E-state index < -0.39 is 0 Å². The summed E-state index contributed by atoms with van der Waals surface area (Å²) in [6, 6.07) is 5.38. The molecule has 1 rings (SSSR count). The largest absolute Gasteiger partial charge is 0.507 e. The standard InChI is InChI=1S/C17H28N2O2.ClH/c1-5-19(6-2)11-10-18-17(21)15-9-7-8-14(16(15)20)12-13(3)4;/h7-9,13,20H,5-6,10-12H2,1-4H3,(H,18,21);1H. The van der Waals surface area contributed by atoms with Crippen molar-refractivity contribution in [1.29, 1.82) is 0 Å². The third-order valence-corrected chi connectivity index (χ3v) is 3.60. The first-order chi connectivity index (χ1) is 9.99. The molecule has 0 aliphatic carbocycles. The Hall–Kier alpha value is -1.26. The third-order valence-electron chi connectivity index (χ3n) is 3.60. The van der Waals surface area contributed by atoms with Crippen LogP contribution in [0.2, 0.25) is 0 Å². The number of aromatic hydroxyl groups is 1. The molecule has 0 saturated heterocycles. The second-order valence-corrected chi connectivity index (χ2v) is 5.69. The maximum Gasteiger partial charge on any atom is 0.255 e. The lowest BCUT2D eigenvalue weighted by Gasteiger charge is -2.18. The molecule has 0 unspecified atom stereocenters. The summed E-state index contributed by atoms with van der Waals surface area (Å²) in [5, 5.41) is 13.1. The number of hydrogen-bond acceptors (Lipinski definition) is 3. The van der Waals surface area contributed by atoms with Crippen LogP contribution in [0.15, 0.2) is 18.2 Å². The molecule has 1 aromatic carbocycles. The second-order valence-electron chi connectivity index (χ2n) is 5.69. The van der Waals surface area contributed by atoms with E-state index in [0.717, 1.165) is 31.6 Å². The molecule has 0 saturated carbocycles. The number of hydrogen-bond donors (Lipinski definition) is 2. The minimum atomic E-state index is -0.203. The average Bonchev–Trinajstić information content (AvgIpc) is 2.45. The summed E-state index contributed by atoms with van der Waals surface area (Å²) in [5.74, 6) is 0.355. The van der Waals surface area contributed by atoms with Gasteiger partial charge in [0.25, 0.3) is 5.91 Å². The Morgan fingerprint density at radius 1 is 1.27 bits per heavy atom. The highest BCUT2D eigenvalue weighted by Gasteiger charge is 2.14. The van der Waals surface area contributed by atoms with Gasteiger partial charge in [-0.3, -0.25) is 4.79 Å². The van der Waals surface area contributed by atoms with Crippen LogP contribution in [-0.4, -0.2) is 42.1 Å². The molecule has 126 valence electrons. The number of para-hydroxylation sites is 1. The third kappa shape index (κ3) is 6.24. The summed E-state index contributed by atoms with van der Waals surface area (Å²) in [7, 11) is 0. The smallest absolute Gasteiger partial charge is 0.255 e. The number of nitrogens with zero attached hydrogens (tertiary/aromatic N) is 1. The van der Waals surface area contributed by atoms with Crippen molar-refractivity contribution in [3.8, 4) is 5.75 Å². The molecule has 4 nitrogen and oxygen atoms in total. The molecule has 0 aromatic heterocycles. The van der Waals surface area contributed by atoms with E-state index in [9.17, 15) is 9.90 Å². The van der Waals surface area contributed by atoms with Crippen molar-refractivity contribution in [2.45, 2.75) is 34.1 Å². The summed E-state index contributed by atoms with van der Waals surface area (Å²) < 4.78 is 0. The Labute approximate surface area is 140 Å². The summed E-state index contributed by atoms with van der Waals surface area (Å²) in [6.07, 6.45) is 0.770. The average molecular weight is 329 g/mol. The van der Waals surface area contributed by atoms with Gasteiger partial charge in [-0.2, -0.15) is 0 Å². The molecule has 0 aliphatic rings. The Balaban J connectivity index is 0.00000441. The Morgan fingerprint density at radius 2 is 1.91 bits per heavy atom. The number of phenols is 1. The normalized spacial score (nSPS) is 10.6. The monoisotopic (exact) mass is 328 g/mol. The van der Waals surface area contributed by atoms with Gasteiger partial charge >= 0.3 is 0 Å². The Kier molecular flexibility index (Phi) is 9.86. The van der Waals surface area contributed by atoms with Crippen molar-refractivity contribution in [2.75, 3.05) is 26.2 Å². The SMILES string of the molecule is CCN(CC)CCNC(=O)c1cccc(CC(C)C)c1O.Cl. The molecule has 0 atom stereocenters. The molecular formula is C17H29ClN2O2. The van der Waals surface area contributed by atoms with Crippen LogP contribution in [0.1, 0.15) is 43.6 Å². The van der Waals surface area contributed by atoms with Crippen molar-refractivity contribution >= 4 is 18.3 Å². The lowest BCUT2D eigenvalue weighted by molar-refractivity contribution is 0.0946. The molecule has 22 heavy (non-hydrogen) atoms. The summed E-state index contributed by atoms with van der Waals surface area (Å²) in [5.41, 5.74) is 1.20. The van der Waals surface area contributed by atoms with Gasteiger partial charge in [0.2, 0.25) is 0 Å². The van der Waals surface area contributed by atoms with Gasteiger partial charge in [-0.25, -0.2) is 0 Å². The maximum absolute atomic E-state index is 12.2. The predicted octanol–water partition coefficient (Wildman–Crippen LogP) is 3.08. The molecule has 5 heteroatoms. The van der Waals surface area contributed by atoms with Crippen molar-refractivity contribution in [1.82, 2.24) is 10.2 Å². The Morgan fingerprint density at radius 3 is 2.45 bits per heavy atom. The summed E-state index contributed by atoms with van der Waals surface area (Å²) in [6.45, 7) is 11.8. The van der Waals surface area contributed by atoms with Crippen LogP contribution < -0.4 is 5.32 Å². The number of benzene rings is 1.